The summed E-state index contributed by atoms with van der Waals surface area (Å²) in [6.07, 6.45) is -0.827. The van der Waals surface area contributed by atoms with Crippen molar-refractivity contribution in [1.29, 1.82) is 0 Å². The first-order valence-corrected chi connectivity index (χ1v) is 12.6. The number of hydrogen-bond acceptors (Lipinski definition) is 4. The number of rotatable bonds is 6. The second kappa shape index (κ2) is 9.76. The molecule has 0 aromatic heterocycles. The van der Waals surface area contributed by atoms with Crippen LogP contribution in [-0.2, 0) is 23.8 Å². The number of hydrogen-bond donors (Lipinski definition) is 1. The smallest absolute Gasteiger partial charge is 0.369 e. The SMILES string of the molecule is O=C1NC2(CCc3ccccc3C2)C(=O)N1CCCCN1CCN(c2cccc(C(F)(F)F)c2)CC1. The number of anilines is 1. The van der Waals surface area contributed by atoms with E-state index in [4.69, 9.17) is 0 Å². The fourth-order valence-electron chi connectivity index (χ4n) is 5.62. The fraction of sp³-hybridized carbons (Fsp3) is 0.481. The van der Waals surface area contributed by atoms with Gasteiger partial charge in [-0.1, -0.05) is 30.3 Å². The number of aryl methyl sites for hydroxylation is 1. The van der Waals surface area contributed by atoms with Crippen molar-refractivity contribution in [2.75, 3.05) is 44.2 Å². The normalized spacial score (nSPS) is 22.8. The van der Waals surface area contributed by atoms with Gasteiger partial charge in [-0.05, 0) is 61.6 Å². The molecule has 1 spiro atoms. The number of amides is 3. The molecule has 2 aromatic rings. The van der Waals surface area contributed by atoms with E-state index in [0.29, 0.717) is 38.2 Å². The number of benzene rings is 2. The molecule has 0 saturated carbocycles. The van der Waals surface area contributed by atoms with Crippen LogP contribution in [0.15, 0.2) is 48.5 Å². The lowest BCUT2D eigenvalue weighted by Gasteiger charge is -2.36. The van der Waals surface area contributed by atoms with Gasteiger partial charge in [0.25, 0.3) is 5.91 Å². The van der Waals surface area contributed by atoms with E-state index < -0.39 is 17.3 Å². The number of carbonyl (C=O) groups excluding carboxylic acids is 2. The Hall–Kier alpha value is -3.07. The van der Waals surface area contributed by atoms with E-state index in [0.717, 1.165) is 50.5 Å². The molecule has 0 bridgehead atoms. The Morgan fingerprint density at radius 1 is 0.889 bits per heavy atom. The van der Waals surface area contributed by atoms with Crippen molar-refractivity contribution < 1.29 is 22.8 Å². The Balaban J connectivity index is 1.07. The van der Waals surface area contributed by atoms with E-state index in [2.05, 4.69) is 16.3 Å². The monoisotopic (exact) mass is 500 g/mol. The number of carbonyl (C=O) groups is 2. The van der Waals surface area contributed by atoms with Crippen molar-refractivity contribution in [3.05, 3.63) is 65.2 Å². The van der Waals surface area contributed by atoms with Crippen LogP contribution in [0.5, 0.6) is 0 Å². The van der Waals surface area contributed by atoms with Gasteiger partial charge in [-0.2, -0.15) is 13.2 Å². The molecule has 2 heterocycles. The molecule has 2 aromatic carbocycles. The summed E-state index contributed by atoms with van der Waals surface area (Å²) in [4.78, 5) is 31.5. The van der Waals surface area contributed by atoms with Crippen LogP contribution in [0.25, 0.3) is 0 Å². The Labute approximate surface area is 209 Å². The molecule has 192 valence electrons. The van der Waals surface area contributed by atoms with Crippen LogP contribution in [0.2, 0.25) is 0 Å². The predicted molar refractivity (Wildman–Crippen MR) is 131 cm³/mol. The lowest BCUT2D eigenvalue weighted by molar-refractivity contribution is -0.137. The molecule has 1 aliphatic carbocycles. The van der Waals surface area contributed by atoms with Crippen molar-refractivity contribution in [3.8, 4) is 0 Å². The summed E-state index contributed by atoms with van der Waals surface area (Å²) in [5.41, 5.74) is 1.54. The third-order valence-corrected chi connectivity index (χ3v) is 7.69. The number of urea groups is 1. The molecular formula is C27H31F3N4O2. The summed E-state index contributed by atoms with van der Waals surface area (Å²) in [5.74, 6) is -0.114. The average Bonchev–Trinajstić information content (AvgIpc) is 3.10. The second-order valence-electron chi connectivity index (χ2n) is 10.00. The third-order valence-electron chi connectivity index (χ3n) is 7.69. The highest BCUT2D eigenvalue weighted by atomic mass is 19.4. The van der Waals surface area contributed by atoms with Crippen LogP contribution in [-0.4, -0.2) is 66.5 Å². The van der Waals surface area contributed by atoms with Crippen molar-refractivity contribution >= 4 is 17.6 Å². The molecule has 5 rings (SSSR count). The van der Waals surface area contributed by atoms with Gasteiger partial charge in [0, 0.05) is 44.8 Å². The molecule has 36 heavy (non-hydrogen) atoms. The fourth-order valence-corrected chi connectivity index (χ4v) is 5.62. The van der Waals surface area contributed by atoms with Crippen molar-refractivity contribution in [3.63, 3.8) is 0 Å². The van der Waals surface area contributed by atoms with Crippen molar-refractivity contribution in [2.45, 2.75) is 43.8 Å². The molecule has 1 N–H and O–H groups in total. The van der Waals surface area contributed by atoms with Gasteiger partial charge >= 0.3 is 12.2 Å². The number of unbranched alkanes of at least 4 members (excludes halogenated alkanes) is 1. The van der Waals surface area contributed by atoms with Crippen LogP contribution < -0.4 is 10.2 Å². The molecule has 3 aliphatic rings. The van der Waals surface area contributed by atoms with E-state index in [1.807, 2.05) is 23.1 Å². The van der Waals surface area contributed by atoms with Crippen LogP contribution in [0.3, 0.4) is 0 Å². The predicted octanol–water partition coefficient (Wildman–Crippen LogP) is 4.09. The topological polar surface area (TPSA) is 55.9 Å². The zero-order chi connectivity index (χ0) is 25.3. The first kappa shape index (κ1) is 24.6. The molecule has 2 fully saturated rings. The van der Waals surface area contributed by atoms with Crippen LogP contribution in [0.4, 0.5) is 23.7 Å². The second-order valence-corrected chi connectivity index (χ2v) is 10.00. The Bertz CT molecular complexity index is 1130. The lowest BCUT2D eigenvalue weighted by Crippen LogP contribution is -2.51. The highest BCUT2D eigenvalue weighted by Gasteiger charge is 2.51. The van der Waals surface area contributed by atoms with E-state index in [-0.39, 0.29) is 11.9 Å². The first-order chi connectivity index (χ1) is 17.2. The van der Waals surface area contributed by atoms with E-state index in [9.17, 15) is 22.8 Å². The van der Waals surface area contributed by atoms with Gasteiger partial charge < -0.3 is 10.2 Å². The van der Waals surface area contributed by atoms with E-state index >= 15 is 0 Å². The number of imide groups is 1. The van der Waals surface area contributed by atoms with Crippen LogP contribution in [0.1, 0.15) is 36.0 Å². The Kier molecular flexibility index (Phi) is 6.68. The van der Waals surface area contributed by atoms with Gasteiger partial charge in [0.05, 0.1) is 5.56 Å². The van der Waals surface area contributed by atoms with Crippen molar-refractivity contribution in [1.82, 2.24) is 15.1 Å². The maximum atomic E-state index is 13.2. The Morgan fingerprint density at radius 3 is 2.36 bits per heavy atom. The quantitative estimate of drug-likeness (QED) is 0.480. The summed E-state index contributed by atoms with van der Waals surface area (Å²) in [7, 11) is 0. The van der Waals surface area contributed by atoms with Gasteiger partial charge in [0.1, 0.15) is 5.54 Å². The molecule has 3 amide bonds. The summed E-state index contributed by atoms with van der Waals surface area (Å²) in [6.45, 7) is 4.09. The average molecular weight is 501 g/mol. The summed E-state index contributed by atoms with van der Waals surface area (Å²) < 4.78 is 39.1. The van der Waals surface area contributed by atoms with Gasteiger partial charge in [-0.15, -0.1) is 0 Å². The number of fused-ring (bicyclic) bond motifs is 1. The van der Waals surface area contributed by atoms with Gasteiger partial charge in [0.2, 0.25) is 0 Å². The minimum Gasteiger partial charge on any atom is -0.369 e. The van der Waals surface area contributed by atoms with E-state index in [1.54, 1.807) is 6.07 Å². The zero-order valence-corrected chi connectivity index (χ0v) is 20.2. The molecule has 1 atom stereocenters. The molecule has 9 heteroatoms. The molecule has 2 saturated heterocycles. The zero-order valence-electron chi connectivity index (χ0n) is 20.2. The van der Waals surface area contributed by atoms with Gasteiger partial charge in [-0.3, -0.25) is 14.6 Å². The number of piperazine rings is 1. The molecule has 0 radical (unpaired) electrons. The van der Waals surface area contributed by atoms with Gasteiger partial charge in [0.15, 0.2) is 0 Å². The standard InChI is InChI=1S/C27H31F3N4O2/c28-27(29,30)22-8-5-9-23(18-22)33-16-14-32(15-17-33)12-3-4-13-34-24(35)26(31-25(34)36)11-10-20-6-1-2-7-21(20)19-26/h1-2,5-9,18H,3-4,10-17,19H2,(H,31,36). The maximum absolute atomic E-state index is 13.2. The molecule has 2 aliphatic heterocycles. The molecule has 1 unspecified atom stereocenters. The summed E-state index contributed by atoms with van der Waals surface area (Å²) in [6, 6.07) is 13.3. The molecule has 6 nitrogen and oxygen atoms in total. The van der Waals surface area contributed by atoms with E-state index in [1.165, 1.54) is 22.6 Å². The summed E-state index contributed by atoms with van der Waals surface area (Å²) in [5, 5.41) is 2.99. The highest BCUT2D eigenvalue weighted by molar-refractivity contribution is 6.07. The summed E-state index contributed by atoms with van der Waals surface area (Å²) >= 11 is 0. The number of nitrogens with one attached hydrogen (secondary N) is 1. The Morgan fingerprint density at radius 2 is 1.61 bits per heavy atom. The van der Waals surface area contributed by atoms with Crippen LogP contribution in [0, 0.1) is 0 Å². The third kappa shape index (κ3) is 4.93. The minimum absolute atomic E-state index is 0.114. The first-order valence-electron chi connectivity index (χ1n) is 12.6. The highest BCUT2D eigenvalue weighted by Crippen LogP contribution is 2.34. The van der Waals surface area contributed by atoms with Gasteiger partial charge in [-0.25, -0.2) is 4.79 Å². The lowest BCUT2D eigenvalue weighted by atomic mass is 9.78. The number of nitrogens with zero attached hydrogens (tertiary/aromatic N) is 3. The number of halogens is 3. The minimum atomic E-state index is -4.34. The maximum Gasteiger partial charge on any atom is 0.416 e. The van der Waals surface area contributed by atoms with Crippen LogP contribution >= 0.6 is 0 Å². The number of alkyl halides is 3. The largest absolute Gasteiger partial charge is 0.416 e. The van der Waals surface area contributed by atoms with Crippen molar-refractivity contribution in [2.24, 2.45) is 0 Å². The molecular weight excluding hydrogens is 469 g/mol.